The molecule has 0 spiro atoms. The van der Waals surface area contributed by atoms with Crippen molar-refractivity contribution in [2.75, 3.05) is 0 Å². The van der Waals surface area contributed by atoms with Gasteiger partial charge >= 0.3 is 0 Å². The van der Waals surface area contributed by atoms with Crippen molar-refractivity contribution in [3.63, 3.8) is 0 Å². The quantitative estimate of drug-likeness (QED) is 0.607. The monoisotopic (exact) mass is 392 g/mol. The van der Waals surface area contributed by atoms with Crippen LogP contribution in [0.4, 0.5) is 0 Å². The first-order valence-corrected chi connectivity index (χ1v) is 8.18. The summed E-state index contributed by atoms with van der Waals surface area (Å²) in [6, 6.07) is 12.7. The molecular formula is C16H14Br2N2. The Morgan fingerprint density at radius 3 is 2.65 bits per heavy atom. The third kappa shape index (κ3) is 2.81. The van der Waals surface area contributed by atoms with Gasteiger partial charge in [0, 0.05) is 16.9 Å². The highest BCUT2D eigenvalue weighted by Gasteiger charge is 2.10. The van der Waals surface area contributed by atoms with E-state index in [1.807, 2.05) is 12.4 Å². The van der Waals surface area contributed by atoms with E-state index in [4.69, 9.17) is 0 Å². The first-order chi connectivity index (χ1) is 9.75. The van der Waals surface area contributed by atoms with Crippen LogP contribution in [0.2, 0.25) is 0 Å². The molecule has 1 aromatic carbocycles. The molecule has 0 aliphatic rings. The lowest BCUT2D eigenvalue weighted by Gasteiger charge is -2.05. The van der Waals surface area contributed by atoms with Crippen molar-refractivity contribution in [2.24, 2.45) is 0 Å². The summed E-state index contributed by atoms with van der Waals surface area (Å²) in [5, 5.41) is 0. The van der Waals surface area contributed by atoms with Crippen LogP contribution < -0.4 is 0 Å². The van der Waals surface area contributed by atoms with Gasteiger partial charge in [0.15, 0.2) is 0 Å². The molecule has 0 aliphatic carbocycles. The zero-order chi connectivity index (χ0) is 13.9. The van der Waals surface area contributed by atoms with E-state index in [1.165, 1.54) is 5.56 Å². The molecule has 0 saturated heterocycles. The maximum Gasteiger partial charge on any atom is 0.0905 e. The molecule has 102 valence electrons. The van der Waals surface area contributed by atoms with E-state index in [9.17, 15) is 0 Å². The van der Waals surface area contributed by atoms with Crippen molar-refractivity contribution in [3.05, 3.63) is 69.1 Å². The molecule has 2 nitrogen and oxygen atoms in total. The molecule has 0 saturated carbocycles. The van der Waals surface area contributed by atoms with Gasteiger partial charge in [0.2, 0.25) is 0 Å². The van der Waals surface area contributed by atoms with Gasteiger partial charge in [-0.15, -0.1) is 0 Å². The van der Waals surface area contributed by atoms with Crippen LogP contribution >= 0.6 is 31.9 Å². The Morgan fingerprint density at radius 1 is 1.05 bits per heavy atom. The predicted molar refractivity (Wildman–Crippen MR) is 89.1 cm³/mol. The Kier molecular flexibility index (Phi) is 4.22. The second-order valence-electron chi connectivity index (χ2n) is 4.75. The fourth-order valence-electron chi connectivity index (χ4n) is 2.43. The molecule has 2 heterocycles. The minimum Gasteiger partial charge on any atom is -0.307 e. The fourth-order valence-corrected chi connectivity index (χ4v) is 3.89. The zero-order valence-corrected chi connectivity index (χ0v) is 14.1. The molecule has 20 heavy (non-hydrogen) atoms. The molecule has 0 amide bonds. The zero-order valence-electron chi connectivity index (χ0n) is 10.9. The van der Waals surface area contributed by atoms with Crippen LogP contribution in [0.15, 0.2) is 57.9 Å². The first-order valence-electron chi connectivity index (χ1n) is 6.59. The lowest BCUT2D eigenvalue weighted by atomic mass is 10.1. The molecule has 0 radical (unpaired) electrons. The summed E-state index contributed by atoms with van der Waals surface area (Å²) in [7, 11) is 0. The van der Waals surface area contributed by atoms with E-state index in [1.54, 1.807) is 0 Å². The standard InChI is InChI=1S/C16H14Br2N2/c17-13-11-15(18)20-10-9-19-14(16(13)20)8-4-7-12-5-2-1-3-6-12/h1-3,5-6,9-11H,4,7-8H2. The molecule has 2 aromatic heterocycles. The summed E-state index contributed by atoms with van der Waals surface area (Å²) in [5.41, 5.74) is 3.68. The lowest BCUT2D eigenvalue weighted by molar-refractivity contribution is 0.798. The molecule has 0 unspecified atom stereocenters. The maximum atomic E-state index is 4.54. The highest BCUT2D eigenvalue weighted by atomic mass is 79.9. The Balaban J connectivity index is 1.78. The van der Waals surface area contributed by atoms with Crippen molar-refractivity contribution in [1.82, 2.24) is 9.38 Å². The van der Waals surface area contributed by atoms with Gasteiger partial charge in [-0.3, -0.25) is 4.98 Å². The highest BCUT2D eigenvalue weighted by molar-refractivity contribution is 9.11. The summed E-state index contributed by atoms with van der Waals surface area (Å²) in [6.07, 6.45) is 7.01. The van der Waals surface area contributed by atoms with Crippen molar-refractivity contribution in [1.29, 1.82) is 0 Å². The molecule has 0 aliphatic heterocycles. The van der Waals surface area contributed by atoms with Crippen molar-refractivity contribution < 1.29 is 0 Å². The van der Waals surface area contributed by atoms with Crippen molar-refractivity contribution >= 4 is 37.4 Å². The van der Waals surface area contributed by atoms with E-state index in [0.29, 0.717) is 0 Å². The molecule has 0 bridgehead atoms. The SMILES string of the molecule is Brc1cc(Br)n2ccnc(CCCc3ccccc3)c12. The van der Waals surface area contributed by atoms with Crippen LogP contribution in [0, 0.1) is 0 Å². The third-order valence-corrected chi connectivity index (χ3v) is 4.60. The molecular weight excluding hydrogens is 380 g/mol. The topological polar surface area (TPSA) is 17.3 Å². The molecule has 0 N–H and O–H groups in total. The number of aromatic nitrogens is 2. The maximum absolute atomic E-state index is 4.54. The summed E-state index contributed by atoms with van der Waals surface area (Å²) in [4.78, 5) is 4.54. The predicted octanol–water partition coefficient (Wildman–Crippen LogP) is 5.03. The number of halogens is 2. The second kappa shape index (κ2) is 6.10. The number of aryl methyl sites for hydroxylation is 2. The lowest BCUT2D eigenvalue weighted by Crippen LogP contribution is -1.97. The highest BCUT2D eigenvalue weighted by Crippen LogP contribution is 2.28. The number of hydrogen-bond donors (Lipinski definition) is 0. The van der Waals surface area contributed by atoms with Crippen molar-refractivity contribution in [2.45, 2.75) is 19.3 Å². The Bertz CT molecular complexity index is 720. The minimum atomic E-state index is 0.980. The van der Waals surface area contributed by atoms with E-state index in [-0.39, 0.29) is 0 Å². The summed E-state index contributed by atoms with van der Waals surface area (Å²) in [5.74, 6) is 0. The summed E-state index contributed by atoms with van der Waals surface area (Å²) in [6.45, 7) is 0. The van der Waals surface area contributed by atoms with E-state index < -0.39 is 0 Å². The molecule has 0 atom stereocenters. The number of hydrogen-bond acceptors (Lipinski definition) is 1. The summed E-state index contributed by atoms with van der Waals surface area (Å²) < 4.78 is 4.26. The molecule has 3 rings (SSSR count). The first kappa shape index (κ1) is 13.8. The van der Waals surface area contributed by atoms with Gasteiger partial charge in [-0.25, -0.2) is 0 Å². The molecule has 0 fully saturated rings. The summed E-state index contributed by atoms with van der Waals surface area (Å²) >= 11 is 7.18. The minimum absolute atomic E-state index is 0.980. The third-order valence-electron chi connectivity index (χ3n) is 3.38. The fraction of sp³-hybridized carbons (Fsp3) is 0.188. The molecule has 4 heteroatoms. The Labute approximate surface area is 135 Å². The van der Waals surface area contributed by atoms with E-state index in [0.717, 1.165) is 39.5 Å². The normalized spacial score (nSPS) is 11.1. The van der Waals surface area contributed by atoms with Gasteiger partial charge in [-0.1, -0.05) is 30.3 Å². The van der Waals surface area contributed by atoms with Crippen LogP contribution in [0.25, 0.3) is 5.52 Å². The number of fused-ring (bicyclic) bond motifs is 1. The van der Waals surface area contributed by atoms with E-state index in [2.05, 4.69) is 77.6 Å². The van der Waals surface area contributed by atoms with Gasteiger partial charge in [0.25, 0.3) is 0 Å². The van der Waals surface area contributed by atoms with Crippen LogP contribution in [0.3, 0.4) is 0 Å². The van der Waals surface area contributed by atoms with Crippen LogP contribution in [-0.4, -0.2) is 9.38 Å². The average molecular weight is 394 g/mol. The van der Waals surface area contributed by atoms with Gasteiger partial charge < -0.3 is 4.40 Å². The van der Waals surface area contributed by atoms with Crippen molar-refractivity contribution in [3.8, 4) is 0 Å². The van der Waals surface area contributed by atoms with Gasteiger partial charge in [-0.2, -0.15) is 0 Å². The van der Waals surface area contributed by atoms with Gasteiger partial charge in [0.1, 0.15) is 0 Å². The number of benzene rings is 1. The number of rotatable bonds is 4. The van der Waals surface area contributed by atoms with Crippen LogP contribution in [-0.2, 0) is 12.8 Å². The van der Waals surface area contributed by atoms with Crippen LogP contribution in [0.1, 0.15) is 17.7 Å². The van der Waals surface area contributed by atoms with Gasteiger partial charge in [-0.05, 0) is 62.8 Å². The Hall–Kier alpha value is -1.13. The Morgan fingerprint density at radius 2 is 1.85 bits per heavy atom. The van der Waals surface area contributed by atoms with Gasteiger partial charge in [0.05, 0.1) is 15.8 Å². The van der Waals surface area contributed by atoms with Crippen LogP contribution in [0.5, 0.6) is 0 Å². The smallest absolute Gasteiger partial charge is 0.0905 e. The average Bonchev–Trinajstić information content (AvgIpc) is 2.76. The molecule has 3 aromatic rings. The second-order valence-corrected chi connectivity index (χ2v) is 6.41. The van der Waals surface area contributed by atoms with E-state index >= 15 is 0 Å². The number of nitrogens with zero attached hydrogens (tertiary/aromatic N) is 2. The largest absolute Gasteiger partial charge is 0.307 e.